The highest BCUT2D eigenvalue weighted by Gasteiger charge is 2.16. The van der Waals surface area contributed by atoms with Gasteiger partial charge in [0.1, 0.15) is 0 Å². The molecule has 0 saturated carbocycles. The van der Waals surface area contributed by atoms with Crippen LogP contribution in [0.5, 0.6) is 0 Å². The maximum atomic E-state index is 11.6. The van der Waals surface area contributed by atoms with Gasteiger partial charge in [0.2, 0.25) is 0 Å². The van der Waals surface area contributed by atoms with Gasteiger partial charge in [0.15, 0.2) is 11.9 Å². The zero-order chi connectivity index (χ0) is 10.7. The Morgan fingerprint density at radius 3 is 2.80 bits per heavy atom. The van der Waals surface area contributed by atoms with Gasteiger partial charge in [0, 0.05) is 12.4 Å². The van der Waals surface area contributed by atoms with Crippen LogP contribution in [0.2, 0.25) is 0 Å². The number of hydrogen-bond donors (Lipinski definition) is 0. The fourth-order valence-corrected chi connectivity index (χ4v) is 1.25. The van der Waals surface area contributed by atoms with E-state index in [1.54, 1.807) is 24.5 Å². The van der Waals surface area contributed by atoms with Crippen LogP contribution >= 0.6 is 0 Å². The molecule has 1 atom stereocenters. The van der Waals surface area contributed by atoms with Gasteiger partial charge >= 0.3 is 0 Å². The topological polar surface area (TPSA) is 76.4 Å². The second kappa shape index (κ2) is 4.14. The van der Waals surface area contributed by atoms with Crippen LogP contribution in [0, 0.1) is 0 Å². The molecule has 0 bridgehead atoms. The SMILES string of the molecule is CCC([O])c1nnnn1-c1ccncc1. The molecule has 0 saturated heterocycles. The van der Waals surface area contributed by atoms with Crippen LogP contribution in [-0.2, 0) is 5.11 Å². The summed E-state index contributed by atoms with van der Waals surface area (Å²) in [6.07, 6.45) is 2.83. The molecule has 0 amide bonds. The first-order valence-corrected chi connectivity index (χ1v) is 4.67. The molecular formula is C9H10N5O. The Labute approximate surface area is 86.6 Å². The van der Waals surface area contributed by atoms with Gasteiger partial charge in [-0.1, -0.05) is 6.92 Å². The van der Waals surface area contributed by atoms with Crippen molar-refractivity contribution >= 4 is 0 Å². The van der Waals surface area contributed by atoms with Gasteiger partial charge in [-0.2, -0.15) is 4.68 Å². The Bertz CT molecular complexity index is 427. The van der Waals surface area contributed by atoms with Crippen LogP contribution in [0.15, 0.2) is 24.5 Å². The number of nitrogens with zero attached hydrogens (tertiary/aromatic N) is 5. The molecule has 0 N–H and O–H groups in total. The fraction of sp³-hybridized carbons (Fsp3) is 0.333. The van der Waals surface area contributed by atoms with Crippen molar-refractivity contribution in [1.29, 1.82) is 0 Å². The van der Waals surface area contributed by atoms with Gasteiger partial charge in [0.05, 0.1) is 5.69 Å². The van der Waals surface area contributed by atoms with Crippen molar-refractivity contribution in [2.75, 3.05) is 0 Å². The smallest absolute Gasteiger partial charge is 0.188 e. The highest BCUT2D eigenvalue weighted by Crippen LogP contribution is 2.16. The van der Waals surface area contributed by atoms with Crippen LogP contribution in [0.25, 0.3) is 5.69 Å². The third kappa shape index (κ3) is 1.84. The van der Waals surface area contributed by atoms with Gasteiger partial charge in [-0.3, -0.25) is 4.98 Å². The highest BCUT2D eigenvalue weighted by molar-refractivity contribution is 5.28. The van der Waals surface area contributed by atoms with E-state index < -0.39 is 6.10 Å². The second-order valence-electron chi connectivity index (χ2n) is 3.05. The summed E-state index contributed by atoms with van der Waals surface area (Å²) in [7, 11) is 0. The van der Waals surface area contributed by atoms with E-state index in [-0.39, 0.29) is 0 Å². The summed E-state index contributed by atoms with van der Waals surface area (Å²) >= 11 is 0. The van der Waals surface area contributed by atoms with Gasteiger partial charge < -0.3 is 0 Å². The number of aromatic nitrogens is 5. The van der Waals surface area contributed by atoms with E-state index in [0.29, 0.717) is 12.2 Å². The minimum absolute atomic E-state index is 0.337. The van der Waals surface area contributed by atoms with Crippen molar-refractivity contribution < 1.29 is 5.11 Å². The predicted molar refractivity (Wildman–Crippen MR) is 50.7 cm³/mol. The minimum Gasteiger partial charge on any atom is -0.265 e. The molecule has 1 unspecified atom stereocenters. The van der Waals surface area contributed by atoms with Crippen molar-refractivity contribution in [2.24, 2.45) is 0 Å². The highest BCUT2D eigenvalue weighted by atomic mass is 16.3. The van der Waals surface area contributed by atoms with Crippen LogP contribution in [0.1, 0.15) is 25.3 Å². The molecule has 0 aliphatic heterocycles. The zero-order valence-electron chi connectivity index (χ0n) is 8.24. The molecular weight excluding hydrogens is 194 g/mol. The summed E-state index contributed by atoms with van der Waals surface area (Å²) in [5.41, 5.74) is 0.749. The van der Waals surface area contributed by atoms with Crippen molar-refractivity contribution in [3.8, 4) is 5.69 Å². The summed E-state index contributed by atoms with van der Waals surface area (Å²) in [5.74, 6) is 0.337. The Balaban J connectivity index is 2.41. The van der Waals surface area contributed by atoms with E-state index in [2.05, 4.69) is 20.5 Å². The van der Waals surface area contributed by atoms with E-state index in [0.717, 1.165) is 5.69 Å². The van der Waals surface area contributed by atoms with Crippen LogP contribution in [0.4, 0.5) is 0 Å². The molecule has 2 rings (SSSR count). The predicted octanol–water partition coefficient (Wildman–Crippen LogP) is 0.939. The lowest BCUT2D eigenvalue weighted by molar-refractivity contribution is 0.0758. The molecule has 2 heterocycles. The molecule has 0 aliphatic carbocycles. The maximum absolute atomic E-state index is 11.6. The lowest BCUT2D eigenvalue weighted by Gasteiger charge is -2.05. The van der Waals surface area contributed by atoms with E-state index in [9.17, 15) is 5.11 Å². The van der Waals surface area contributed by atoms with Crippen molar-refractivity contribution in [3.63, 3.8) is 0 Å². The van der Waals surface area contributed by atoms with Crippen molar-refractivity contribution in [3.05, 3.63) is 30.4 Å². The largest absolute Gasteiger partial charge is 0.265 e. The number of pyridine rings is 1. The Morgan fingerprint density at radius 1 is 1.40 bits per heavy atom. The van der Waals surface area contributed by atoms with Crippen LogP contribution in [-0.4, -0.2) is 25.2 Å². The number of tetrazole rings is 1. The molecule has 0 fully saturated rings. The Morgan fingerprint density at radius 2 is 2.13 bits per heavy atom. The molecule has 15 heavy (non-hydrogen) atoms. The fourth-order valence-electron chi connectivity index (χ4n) is 1.25. The van der Waals surface area contributed by atoms with E-state index in [4.69, 9.17) is 0 Å². The first kappa shape index (κ1) is 9.72. The van der Waals surface area contributed by atoms with E-state index >= 15 is 0 Å². The summed E-state index contributed by atoms with van der Waals surface area (Å²) in [4.78, 5) is 3.89. The minimum atomic E-state index is -0.895. The van der Waals surface area contributed by atoms with Crippen LogP contribution < -0.4 is 0 Å². The third-order valence-electron chi connectivity index (χ3n) is 2.06. The molecule has 6 heteroatoms. The second-order valence-corrected chi connectivity index (χ2v) is 3.05. The molecule has 2 aromatic heterocycles. The average Bonchev–Trinajstić information content (AvgIpc) is 2.78. The molecule has 2 aromatic rings. The van der Waals surface area contributed by atoms with Crippen molar-refractivity contribution in [1.82, 2.24) is 25.2 Å². The van der Waals surface area contributed by atoms with E-state index in [1.807, 2.05) is 6.92 Å². The molecule has 1 radical (unpaired) electrons. The lowest BCUT2D eigenvalue weighted by Crippen LogP contribution is -2.07. The molecule has 6 nitrogen and oxygen atoms in total. The first-order chi connectivity index (χ1) is 7.33. The van der Waals surface area contributed by atoms with Crippen LogP contribution in [0.3, 0.4) is 0 Å². The Kier molecular flexibility index (Phi) is 2.68. The maximum Gasteiger partial charge on any atom is 0.188 e. The Hall–Kier alpha value is -1.82. The summed E-state index contributed by atoms with van der Waals surface area (Å²) < 4.78 is 1.45. The average molecular weight is 204 g/mol. The zero-order valence-corrected chi connectivity index (χ0v) is 8.24. The normalized spacial score (nSPS) is 12.7. The summed E-state index contributed by atoms with van der Waals surface area (Å²) in [6, 6.07) is 3.50. The molecule has 0 aliphatic rings. The van der Waals surface area contributed by atoms with Gasteiger partial charge in [-0.25, -0.2) is 5.11 Å². The quantitative estimate of drug-likeness (QED) is 0.745. The van der Waals surface area contributed by atoms with Gasteiger partial charge in [0.25, 0.3) is 0 Å². The summed E-state index contributed by atoms with van der Waals surface area (Å²) in [5, 5.41) is 22.6. The van der Waals surface area contributed by atoms with Crippen molar-refractivity contribution in [2.45, 2.75) is 19.4 Å². The molecule has 0 aromatic carbocycles. The summed E-state index contributed by atoms with van der Waals surface area (Å²) in [6.45, 7) is 1.81. The lowest BCUT2D eigenvalue weighted by atomic mass is 10.2. The van der Waals surface area contributed by atoms with Gasteiger partial charge in [-0.05, 0) is 29.0 Å². The number of hydrogen-bond acceptors (Lipinski definition) is 4. The van der Waals surface area contributed by atoms with E-state index in [1.165, 1.54) is 4.68 Å². The third-order valence-corrected chi connectivity index (χ3v) is 2.06. The first-order valence-electron chi connectivity index (χ1n) is 4.67. The molecule has 0 spiro atoms. The molecule has 77 valence electrons. The standard InChI is InChI=1S/C9H10N5O/c1-2-8(15)9-11-12-13-14(9)7-3-5-10-6-4-7/h3-6,8H,2H2,1H3. The van der Waals surface area contributed by atoms with Gasteiger partial charge in [-0.15, -0.1) is 5.10 Å². The number of rotatable bonds is 3. The monoisotopic (exact) mass is 204 g/mol.